The van der Waals surface area contributed by atoms with Crippen molar-refractivity contribution < 1.29 is 0 Å². The lowest BCUT2D eigenvalue weighted by Crippen LogP contribution is -2.26. The SMILES string of the molecule is CCC(CC)CC(CNCC(C)C)c1cccc(Br)c1. The fraction of sp³-hybridized carbons (Fsp3) is 0.667. The van der Waals surface area contributed by atoms with Gasteiger partial charge in [-0.1, -0.05) is 68.6 Å². The molecular formula is C18H30BrN. The molecule has 0 aliphatic carbocycles. The second-order valence-electron chi connectivity index (χ2n) is 6.22. The Bertz CT molecular complexity index is 371. The zero-order valence-electron chi connectivity index (χ0n) is 13.5. The molecule has 1 atom stereocenters. The fourth-order valence-electron chi connectivity index (χ4n) is 2.67. The molecule has 0 saturated heterocycles. The zero-order valence-corrected chi connectivity index (χ0v) is 15.0. The number of nitrogens with one attached hydrogen (secondary N) is 1. The molecule has 20 heavy (non-hydrogen) atoms. The number of rotatable bonds is 9. The van der Waals surface area contributed by atoms with Crippen LogP contribution in [0.25, 0.3) is 0 Å². The molecule has 0 aromatic heterocycles. The van der Waals surface area contributed by atoms with Crippen LogP contribution < -0.4 is 5.32 Å². The van der Waals surface area contributed by atoms with E-state index in [1.54, 1.807) is 0 Å². The van der Waals surface area contributed by atoms with Crippen molar-refractivity contribution >= 4 is 15.9 Å². The maximum absolute atomic E-state index is 3.64. The second kappa shape index (κ2) is 9.57. The van der Waals surface area contributed by atoms with E-state index in [1.165, 1.54) is 29.3 Å². The monoisotopic (exact) mass is 339 g/mol. The van der Waals surface area contributed by atoms with Crippen molar-refractivity contribution in [3.05, 3.63) is 34.3 Å². The smallest absolute Gasteiger partial charge is 0.0178 e. The molecule has 0 fully saturated rings. The Morgan fingerprint density at radius 3 is 2.35 bits per heavy atom. The predicted molar refractivity (Wildman–Crippen MR) is 93.3 cm³/mol. The van der Waals surface area contributed by atoms with Crippen molar-refractivity contribution in [1.29, 1.82) is 0 Å². The van der Waals surface area contributed by atoms with Gasteiger partial charge < -0.3 is 5.32 Å². The molecule has 0 aliphatic heterocycles. The highest BCUT2D eigenvalue weighted by Gasteiger charge is 2.16. The van der Waals surface area contributed by atoms with Gasteiger partial charge in [0, 0.05) is 11.0 Å². The van der Waals surface area contributed by atoms with Crippen molar-refractivity contribution in [1.82, 2.24) is 5.32 Å². The molecule has 0 amide bonds. The number of hydrogen-bond donors (Lipinski definition) is 1. The van der Waals surface area contributed by atoms with Gasteiger partial charge in [0.1, 0.15) is 0 Å². The van der Waals surface area contributed by atoms with Crippen LogP contribution in [0.4, 0.5) is 0 Å². The van der Waals surface area contributed by atoms with Crippen molar-refractivity contribution in [3.8, 4) is 0 Å². The van der Waals surface area contributed by atoms with Gasteiger partial charge in [0.25, 0.3) is 0 Å². The van der Waals surface area contributed by atoms with E-state index in [9.17, 15) is 0 Å². The Morgan fingerprint density at radius 2 is 1.80 bits per heavy atom. The molecular weight excluding hydrogens is 310 g/mol. The first-order valence-electron chi connectivity index (χ1n) is 8.02. The lowest BCUT2D eigenvalue weighted by Gasteiger charge is -2.23. The largest absolute Gasteiger partial charge is 0.316 e. The standard InChI is InChI=1S/C18H30BrN/c1-5-15(6-2)10-17(13-20-12-14(3)4)16-8-7-9-18(19)11-16/h7-9,11,14-15,17,20H,5-6,10,12-13H2,1-4H3. The average molecular weight is 340 g/mol. The van der Waals surface area contributed by atoms with Crippen LogP contribution in [0.15, 0.2) is 28.7 Å². The summed E-state index contributed by atoms with van der Waals surface area (Å²) < 4.78 is 1.19. The maximum Gasteiger partial charge on any atom is 0.0178 e. The third-order valence-corrected chi connectivity index (χ3v) is 4.53. The Labute approximate surface area is 133 Å². The van der Waals surface area contributed by atoms with E-state index in [2.05, 4.69) is 73.2 Å². The Balaban J connectivity index is 2.72. The van der Waals surface area contributed by atoms with E-state index in [-0.39, 0.29) is 0 Å². The fourth-order valence-corrected chi connectivity index (χ4v) is 3.09. The van der Waals surface area contributed by atoms with Crippen LogP contribution in [0.5, 0.6) is 0 Å². The molecule has 0 aliphatic rings. The average Bonchev–Trinajstić information content (AvgIpc) is 2.42. The molecule has 0 spiro atoms. The number of halogens is 1. The summed E-state index contributed by atoms with van der Waals surface area (Å²) in [6.07, 6.45) is 3.85. The maximum atomic E-state index is 3.64. The van der Waals surface area contributed by atoms with Crippen LogP contribution in [0, 0.1) is 11.8 Å². The predicted octanol–water partition coefficient (Wildman–Crippen LogP) is 5.60. The third-order valence-electron chi connectivity index (χ3n) is 4.04. The Kier molecular flexibility index (Phi) is 8.47. The zero-order chi connectivity index (χ0) is 15.0. The summed E-state index contributed by atoms with van der Waals surface area (Å²) in [5, 5.41) is 3.64. The molecule has 1 aromatic carbocycles. The van der Waals surface area contributed by atoms with E-state index in [0.29, 0.717) is 11.8 Å². The summed E-state index contributed by atoms with van der Waals surface area (Å²) in [4.78, 5) is 0. The van der Waals surface area contributed by atoms with Crippen molar-refractivity contribution in [2.24, 2.45) is 11.8 Å². The molecule has 1 rings (SSSR count). The molecule has 0 heterocycles. The highest BCUT2D eigenvalue weighted by molar-refractivity contribution is 9.10. The van der Waals surface area contributed by atoms with Gasteiger partial charge in [-0.15, -0.1) is 0 Å². The Morgan fingerprint density at radius 1 is 1.10 bits per heavy atom. The normalized spacial score (nSPS) is 13.2. The number of benzene rings is 1. The van der Waals surface area contributed by atoms with Gasteiger partial charge in [-0.3, -0.25) is 0 Å². The van der Waals surface area contributed by atoms with Gasteiger partial charge in [0.05, 0.1) is 0 Å². The minimum atomic E-state index is 0.621. The first kappa shape index (κ1) is 17.7. The van der Waals surface area contributed by atoms with E-state index < -0.39 is 0 Å². The molecule has 0 bridgehead atoms. The molecule has 1 unspecified atom stereocenters. The summed E-state index contributed by atoms with van der Waals surface area (Å²) in [6.45, 7) is 11.4. The number of hydrogen-bond acceptors (Lipinski definition) is 1. The van der Waals surface area contributed by atoms with Crippen LogP contribution in [0.2, 0.25) is 0 Å². The van der Waals surface area contributed by atoms with Crippen LogP contribution >= 0.6 is 15.9 Å². The van der Waals surface area contributed by atoms with Gasteiger partial charge >= 0.3 is 0 Å². The molecule has 114 valence electrons. The molecule has 1 nitrogen and oxygen atoms in total. The molecule has 0 radical (unpaired) electrons. The van der Waals surface area contributed by atoms with E-state index in [1.807, 2.05) is 0 Å². The molecule has 1 aromatic rings. The summed E-state index contributed by atoms with van der Waals surface area (Å²) in [6, 6.07) is 8.82. The lowest BCUT2D eigenvalue weighted by molar-refractivity contribution is 0.392. The van der Waals surface area contributed by atoms with Crippen molar-refractivity contribution in [2.75, 3.05) is 13.1 Å². The first-order valence-corrected chi connectivity index (χ1v) is 8.82. The summed E-state index contributed by atoms with van der Waals surface area (Å²) in [5.74, 6) is 2.17. The van der Waals surface area contributed by atoms with Crippen molar-refractivity contribution in [3.63, 3.8) is 0 Å². The summed E-state index contributed by atoms with van der Waals surface area (Å²) in [7, 11) is 0. The minimum Gasteiger partial charge on any atom is -0.316 e. The van der Waals surface area contributed by atoms with Crippen LogP contribution in [0.1, 0.15) is 58.4 Å². The van der Waals surface area contributed by atoms with Crippen LogP contribution in [-0.4, -0.2) is 13.1 Å². The van der Waals surface area contributed by atoms with Gasteiger partial charge in [0.15, 0.2) is 0 Å². The first-order chi connectivity index (χ1) is 9.56. The molecule has 1 N–H and O–H groups in total. The highest BCUT2D eigenvalue weighted by Crippen LogP contribution is 2.28. The van der Waals surface area contributed by atoms with Crippen LogP contribution in [-0.2, 0) is 0 Å². The lowest BCUT2D eigenvalue weighted by atomic mass is 9.86. The summed E-state index contributed by atoms with van der Waals surface area (Å²) in [5.41, 5.74) is 1.46. The van der Waals surface area contributed by atoms with E-state index >= 15 is 0 Å². The topological polar surface area (TPSA) is 12.0 Å². The molecule has 2 heteroatoms. The van der Waals surface area contributed by atoms with Gasteiger partial charge in [-0.2, -0.15) is 0 Å². The van der Waals surface area contributed by atoms with Crippen LogP contribution in [0.3, 0.4) is 0 Å². The second-order valence-corrected chi connectivity index (χ2v) is 7.14. The molecule has 0 saturated carbocycles. The van der Waals surface area contributed by atoms with Crippen molar-refractivity contribution in [2.45, 2.75) is 52.9 Å². The van der Waals surface area contributed by atoms with Gasteiger partial charge in [-0.05, 0) is 48.4 Å². The Hall–Kier alpha value is -0.340. The van der Waals surface area contributed by atoms with E-state index in [4.69, 9.17) is 0 Å². The minimum absolute atomic E-state index is 0.621. The third kappa shape index (κ3) is 6.41. The quantitative estimate of drug-likeness (QED) is 0.616. The van der Waals surface area contributed by atoms with E-state index in [0.717, 1.165) is 19.0 Å². The van der Waals surface area contributed by atoms with Gasteiger partial charge in [0.2, 0.25) is 0 Å². The van der Waals surface area contributed by atoms with Gasteiger partial charge in [-0.25, -0.2) is 0 Å². The highest BCUT2D eigenvalue weighted by atomic mass is 79.9. The summed E-state index contributed by atoms with van der Waals surface area (Å²) >= 11 is 3.60.